The lowest BCUT2D eigenvalue weighted by molar-refractivity contribution is -0.131. The smallest absolute Gasteiger partial charge is 0.235 e. The maximum atomic E-state index is 13.1. The number of nitrogens with one attached hydrogen (secondary N) is 1. The first-order chi connectivity index (χ1) is 15.6. The van der Waals surface area contributed by atoms with Crippen LogP contribution in [0, 0.1) is 5.92 Å². The van der Waals surface area contributed by atoms with Crippen molar-refractivity contribution in [3.63, 3.8) is 0 Å². The third kappa shape index (κ3) is 4.30. The maximum absolute atomic E-state index is 13.1. The fraction of sp³-hybridized carbons (Fsp3) is 0.542. The normalized spacial score (nSPS) is 20.8. The van der Waals surface area contributed by atoms with E-state index < -0.39 is 0 Å². The van der Waals surface area contributed by atoms with E-state index in [9.17, 15) is 4.79 Å². The number of aromatic nitrogens is 4. The van der Waals surface area contributed by atoms with Gasteiger partial charge in [-0.15, -0.1) is 10.2 Å². The third-order valence-electron chi connectivity index (χ3n) is 6.68. The number of ether oxygens (including phenoxy) is 1. The molecule has 2 aliphatic heterocycles. The average molecular weight is 454 g/mol. The first kappa shape index (κ1) is 21.5. The summed E-state index contributed by atoms with van der Waals surface area (Å²) in [6.07, 6.45) is 6.45. The number of benzene rings is 1. The number of fused-ring (bicyclic) bond motifs is 1. The predicted octanol–water partition coefficient (Wildman–Crippen LogP) is 4.34. The van der Waals surface area contributed by atoms with Crippen LogP contribution in [0.5, 0.6) is 0 Å². The number of piperidine rings is 1. The Morgan fingerprint density at radius 3 is 2.84 bits per heavy atom. The number of H-pyrrole nitrogens is 1. The van der Waals surface area contributed by atoms with E-state index in [1.54, 1.807) is 0 Å². The number of aromatic amines is 1. The Balaban J connectivity index is 1.42. The summed E-state index contributed by atoms with van der Waals surface area (Å²) in [6, 6.07) is 8.23. The Bertz CT molecular complexity index is 1080. The molecule has 0 aliphatic carbocycles. The van der Waals surface area contributed by atoms with Gasteiger partial charge in [0.1, 0.15) is 0 Å². The molecule has 0 spiro atoms. The monoisotopic (exact) mass is 453 g/mol. The summed E-state index contributed by atoms with van der Waals surface area (Å²) < 4.78 is 8.08. The average Bonchev–Trinajstić information content (AvgIpc) is 3.55. The zero-order valence-electron chi connectivity index (χ0n) is 18.8. The summed E-state index contributed by atoms with van der Waals surface area (Å²) >= 11 is 1.51. The van der Waals surface area contributed by atoms with Gasteiger partial charge in [-0.3, -0.25) is 9.36 Å². The minimum Gasteiger partial charge on any atom is -0.376 e. The largest absolute Gasteiger partial charge is 0.376 e. The molecule has 0 unspecified atom stereocenters. The van der Waals surface area contributed by atoms with Crippen molar-refractivity contribution in [3.05, 3.63) is 30.5 Å². The van der Waals surface area contributed by atoms with Crippen LogP contribution in [0.3, 0.4) is 0 Å². The van der Waals surface area contributed by atoms with E-state index in [0.717, 1.165) is 72.8 Å². The Labute approximate surface area is 192 Å². The molecule has 1 amide bonds. The number of para-hydroxylation sites is 1. The van der Waals surface area contributed by atoms with E-state index in [4.69, 9.17) is 4.74 Å². The molecule has 8 heteroatoms. The third-order valence-corrected chi connectivity index (χ3v) is 7.75. The Hall–Kier alpha value is -2.32. The highest BCUT2D eigenvalue weighted by Gasteiger charge is 2.28. The summed E-state index contributed by atoms with van der Waals surface area (Å²) in [5.41, 5.74) is 2.10. The second-order valence-corrected chi connectivity index (χ2v) is 10.4. The molecular weight excluding hydrogens is 422 g/mol. The predicted molar refractivity (Wildman–Crippen MR) is 127 cm³/mol. The number of likely N-dealkylation sites (tertiary alicyclic amines) is 1. The zero-order valence-corrected chi connectivity index (χ0v) is 19.6. The Morgan fingerprint density at radius 2 is 2.06 bits per heavy atom. The number of thioether (sulfide) groups is 1. The van der Waals surface area contributed by atoms with Crippen molar-refractivity contribution < 1.29 is 9.53 Å². The first-order valence-electron chi connectivity index (χ1n) is 11.7. The molecule has 32 heavy (non-hydrogen) atoms. The molecule has 1 N–H and O–H groups in total. The van der Waals surface area contributed by atoms with Gasteiger partial charge < -0.3 is 14.6 Å². The van der Waals surface area contributed by atoms with E-state index in [-0.39, 0.29) is 17.3 Å². The molecule has 4 heterocycles. The van der Waals surface area contributed by atoms with Gasteiger partial charge in [-0.2, -0.15) is 0 Å². The molecule has 2 saturated heterocycles. The lowest BCUT2D eigenvalue weighted by Crippen LogP contribution is -2.41. The molecule has 0 bridgehead atoms. The molecule has 2 fully saturated rings. The molecule has 7 nitrogen and oxygen atoms in total. The molecule has 0 radical (unpaired) electrons. The quantitative estimate of drug-likeness (QED) is 0.562. The maximum Gasteiger partial charge on any atom is 0.235 e. The summed E-state index contributed by atoms with van der Waals surface area (Å²) in [5, 5.41) is 10.8. The lowest BCUT2D eigenvalue weighted by atomic mass is 9.99. The van der Waals surface area contributed by atoms with E-state index in [0.29, 0.717) is 12.5 Å². The highest BCUT2D eigenvalue weighted by atomic mass is 32.2. The minimum absolute atomic E-state index is 0.156. The molecule has 2 aliphatic rings. The van der Waals surface area contributed by atoms with Crippen molar-refractivity contribution in [2.45, 2.75) is 62.6 Å². The highest BCUT2D eigenvalue weighted by molar-refractivity contribution is 8.00. The second kappa shape index (κ2) is 9.27. The van der Waals surface area contributed by atoms with Crippen LogP contribution >= 0.6 is 11.8 Å². The van der Waals surface area contributed by atoms with Gasteiger partial charge in [0.2, 0.25) is 5.91 Å². The van der Waals surface area contributed by atoms with Crippen LogP contribution in [0.15, 0.2) is 35.6 Å². The molecule has 5 rings (SSSR count). The van der Waals surface area contributed by atoms with Gasteiger partial charge in [0.25, 0.3) is 0 Å². The fourth-order valence-electron chi connectivity index (χ4n) is 4.68. The van der Waals surface area contributed by atoms with Crippen LogP contribution in [0.4, 0.5) is 0 Å². The molecule has 2 atom stereocenters. The van der Waals surface area contributed by atoms with Gasteiger partial charge in [-0.1, -0.05) is 36.9 Å². The van der Waals surface area contributed by atoms with Crippen LogP contribution < -0.4 is 0 Å². The zero-order chi connectivity index (χ0) is 22.1. The van der Waals surface area contributed by atoms with Crippen molar-refractivity contribution in [2.75, 3.05) is 19.7 Å². The number of nitrogens with zero attached hydrogens (tertiary/aromatic N) is 4. The van der Waals surface area contributed by atoms with Crippen LogP contribution in [-0.4, -0.2) is 61.6 Å². The topological polar surface area (TPSA) is 76.0 Å². The lowest BCUT2D eigenvalue weighted by Gasteiger charge is -2.32. The van der Waals surface area contributed by atoms with E-state index in [2.05, 4.69) is 38.8 Å². The Kier molecular flexibility index (Phi) is 6.24. The molecular formula is C24H31N5O2S. The van der Waals surface area contributed by atoms with Crippen molar-refractivity contribution in [1.29, 1.82) is 0 Å². The van der Waals surface area contributed by atoms with Gasteiger partial charge in [-0.05, 0) is 44.6 Å². The number of carbonyl (C=O) groups excluding carboxylic acids is 1. The molecule has 2 aromatic heterocycles. The number of rotatable bonds is 6. The number of carbonyl (C=O) groups is 1. The van der Waals surface area contributed by atoms with Crippen molar-refractivity contribution >= 4 is 28.6 Å². The van der Waals surface area contributed by atoms with Gasteiger partial charge in [0, 0.05) is 42.4 Å². The highest BCUT2D eigenvalue weighted by Crippen LogP contribution is 2.33. The summed E-state index contributed by atoms with van der Waals surface area (Å²) in [6.45, 7) is 7.47. The molecule has 170 valence electrons. The number of hydrogen-bond acceptors (Lipinski definition) is 5. The summed E-state index contributed by atoms with van der Waals surface area (Å²) in [5.74, 6) is 1.73. The van der Waals surface area contributed by atoms with Crippen LogP contribution in [-0.2, 0) is 16.1 Å². The minimum atomic E-state index is -0.202. The van der Waals surface area contributed by atoms with Crippen molar-refractivity contribution in [2.24, 2.45) is 5.92 Å². The van der Waals surface area contributed by atoms with Crippen LogP contribution in [0.25, 0.3) is 22.3 Å². The van der Waals surface area contributed by atoms with Gasteiger partial charge in [0.15, 0.2) is 11.0 Å². The van der Waals surface area contributed by atoms with E-state index in [1.807, 2.05) is 30.2 Å². The first-order valence-corrected chi connectivity index (χ1v) is 12.5. The fourth-order valence-corrected chi connectivity index (χ4v) is 5.63. The molecule has 1 aromatic carbocycles. The standard InChI is InChI=1S/C24H31N5O2S/c1-16-9-11-28(12-10-16)23(30)17(2)32-24-27-26-22(29(24)15-18-6-5-13-31-18)20-14-25-21-8-4-3-7-19(20)21/h3-4,7-8,14,16-18,25H,5-6,9-13,15H2,1-2H3/t17-,18+/m0/s1. The van der Waals surface area contributed by atoms with Crippen molar-refractivity contribution in [3.8, 4) is 11.4 Å². The van der Waals surface area contributed by atoms with Crippen LogP contribution in [0.2, 0.25) is 0 Å². The van der Waals surface area contributed by atoms with Gasteiger partial charge in [-0.25, -0.2) is 0 Å². The van der Waals surface area contributed by atoms with E-state index in [1.165, 1.54) is 11.8 Å². The molecule has 3 aromatic rings. The SMILES string of the molecule is CC1CCN(C(=O)[C@H](C)Sc2nnc(-c3c[nH]c4ccccc34)n2C[C@H]2CCCO2)CC1. The van der Waals surface area contributed by atoms with Gasteiger partial charge in [0.05, 0.1) is 17.9 Å². The summed E-state index contributed by atoms with van der Waals surface area (Å²) in [7, 11) is 0. The Morgan fingerprint density at radius 1 is 1.25 bits per heavy atom. The van der Waals surface area contributed by atoms with E-state index >= 15 is 0 Å². The molecule has 0 saturated carbocycles. The summed E-state index contributed by atoms with van der Waals surface area (Å²) in [4.78, 5) is 18.4. The van der Waals surface area contributed by atoms with Crippen LogP contribution in [0.1, 0.15) is 39.5 Å². The number of hydrogen-bond donors (Lipinski definition) is 1. The second-order valence-electron chi connectivity index (χ2n) is 9.07. The van der Waals surface area contributed by atoms with Crippen molar-refractivity contribution in [1.82, 2.24) is 24.6 Å². The number of amides is 1. The van der Waals surface area contributed by atoms with Gasteiger partial charge >= 0.3 is 0 Å².